The van der Waals surface area contributed by atoms with Crippen LogP contribution in [0.1, 0.15) is 19.3 Å². The molecule has 1 aromatic heterocycles. The summed E-state index contributed by atoms with van der Waals surface area (Å²) in [5, 5.41) is 12.1. The van der Waals surface area contributed by atoms with E-state index < -0.39 is 9.84 Å². The Morgan fingerprint density at radius 2 is 2.12 bits per heavy atom. The Morgan fingerprint density at radius 3 is 2.71 bits per heavy atom. The average molecular weight is 279 g/mol. The molecule has 0 bridgehead atoms. The highest BCUT2D eigenvalue weighted by molar-refractivity contribution is 7.91. The number of aliphatic hydroxyl groups is 1. The van der Waals surface area contributed by atoms with Gasteiger partial charge in [0.15, 0.2) is 15.7 Å². The summed E-state index contributed by atoms with van der Waals surface area (Å²) in [5.41, 5.74) is 5.53. The van der Waals surface area contributed by atoms with Gasteiger partial charge in [0, 0.05) is 19.4 Å². The van der Waals surface area contributed by atoms with E-state index in [0.717, 1.165) is 37.1 Å². The average Bonchev–Trinajstić information content (AvgIpc) is 2.59. The van der Waals surface area contributed by atoms with Crippen molar-refractivity contribution < 1.29 is 13.5 Å². The summed E-state index contributed by atoms with van der Waals surface area (Å²) in [4.78, 5) is 0.0876. The van der Waals surface area contributed by atoms with Gasteiger partial charge in [0.05, 0.1) is 0 Å². The van der Waals surface area contributed by atoms with Crippen LogP contribution in [0.15, 0.2) is 4.90 Å². The highest BCUT2D eigenvalue weighted by atomic mass is 32.2. The highest BCUT2D eigenvalue weighted by Crippen LogP contribution is 2.31. The van der Waals surface area contributed by atoms with Gasteiger partial charge in [-0.1, -0.05) is 0 Å². The van der Waals surface area contributed by atoms with Crippen molar-refractivity contribution in [1.82, 2.24) is 4.37 Å². The molecule has 0 saturated carbocycles. The van der Waals surface area contributed by atoms with E-state index in [1.54, 1.807) is 0 Å². The molecule has 0 aromatic carbocycles. The molecule has 0 aliphatic carbocycles. The van der Waals surface area contributed by atoms with Crippen molar-refractivity contribution in [3.05, 3.63) is 0 Å². The third-order valence-electron chi connectivity index (χ3n) is 2.17. The van der Waals surface area contributed by atoms with E-state index in [9.17, 15) is 8.42 Å². The Morgan fingerprint density at radius 1 is 1.41 bits per heavy atom. The van der Waals surface area contributed by atoms with Crippen molar-refractivity contribution in [2.45, 2.75) is 24.2 Å². The van der Waals surface area contributed by atoms with Crippen molar-refractivity contribution >= 4 is 32.2 Å². The van der Waals surface area contributed by atoms with E-state index in [1.807, 2.05) is 0 Å². The van der Waals surface area contributed by atoms with Crippen molar-refractivity contribution in [3.8, 4) is 0 Å². The van der Waals surface area contributed by atoms with Crippen LogP contribution in [0.25, 0.3) is 0 Å². The molecule has 0 saturated heterocycles. The summed E-state index contributed by atoms with van der Waals surface area (Å²) in [6.07, 6.45) is 3.63. The molecule has 0 aliphatic rings. The SMILES string of the molecule is CS(=O)(=O)c1c(N)nsc1NCCCCCO. The van der Waals surface area contributed by atoms with Crippen LogP contribution in [-0.2, 0) is 9.84 Å². The number of nitrogens with zero attached hydrogens (tertiary/aromatic N) is 1. The first-order chi connectivity index (χ1) is 7.96. The zero-order valence-corrected chi connectivity index (χ0v) is 11.3. The third kappa shape index (κ3) is 4.14. The smallest absolute Gasteiger partial charge is 0.182 e. The fourth-order valence-corrected chi connectivity index (χ4v) is 3.47. The van der Waals surface area contributed by atoms with Crippen LogP contribution in [0.4, 0.5) is 10.8 Å². The molecule has 0 spiro atoms. The topological polar surface area (TPSA) is 105 Å². The lowest BCUT2D eigenvalue weighted by atomic mass is 10.2. The predicted octanol–water partition coefficient (Wildman–Crippen LogP) is 0.703. The molecule has 6 nitrogen and oxygen atoms in total. The number of aliphatic hydroxyl groups excluding tert-OH is 1. The minimum Gasteiger partial charge on any atom is -0.396 e. The molecule has 17 heavy (non-hydrogen) atoms. The molecule has 0 atom stereocenters. The standard InChI is InChI=1S/C9H17N3O3S2/c1-17(14,15)7-8(10)12-16-9(7)11-5-3-2-4-6-13/h11,13H,2-6H2,1H3,(H2,10,12). The summed E-state index contributed by atoms with van der Waals surface area (Å²) < 4.78 is 26.8. The summed E-state index contributed by atoms with van der Waals surface area (Å²) in [6.45, 7) is 0.826. The van der Waals surface area contributed by atoms with E-state index >= 15 is 0 Å². The fraction of sp³-hybridized carbons (Fsp3) is 0.667. The van der Waals surface area contributed by atoms with Crippen LogP contribution in [0.2, 0.25) is 0 Å². The lowest BCUT2D eigenvalue weighted by Gasteiger charge is -2.05. The van der Waals surface area contributed by atoms with Crippen LogP contribution in [0.3, 0.4) is 0 Å². The number of sulfone groups is 1. The third-order valence-corrected chi connectivity index (χ3v) is 4.27. The molecule has 1 heterocycles. The molecule has 0 fully saturated rings. The van der Waals surface area contributed by atoms with Gasteiger partial charge in [-0.05, 0) is 30.8 Å². The number of rotatable bonds is 7. The number of unbranched alkanes of at least 4 members (excludes halogenated alkanes) is 2. The zero-order chi connectivity index (χ0) is 12.9. The number of anilines is 2. The van der Waals surface area contributed by atoms with E-state index in [-0.39, 0.29) is 17.3 Å². The number of hydrogen-bond donors (Lipinski definition) is 3. The van der Waals surface area contributed by atoms with Crippen molar-refractivity contribution in [3.63, 3.8) is 0 Å². The maximum atomic E-state index is 11.5. The molecular formula is C9H17N3O3S2. The molecule has 1 aromatic rings. The minimum absolute atomic E-state index is 0.0513. The van der Waals surface area contributed by atoms with Crippen LogP contribution < -0.4 is 11.1 Å². The molecule has 0 amide bonds. The first kappa shape index (κ1) is 14.2. The first-order valence-corrected chi connectivity index (χ1v) is 7.93. The van der Waals surface area contributed by atoms with E-state index in [4.69, 9.17) is 10.8 Å². The largest absolute Gasteiger partial charge is 0.396 e. The summed E-state index contributed by atoms with van der Waals surface area (Å²) in [6, 6.07) is 0. The van der Waals surface area contributed by atoms with E-state index in [1.165, 1.54) is 0 Å². The number of aromatic nitrogens is 1. The van der Waals surface area contributed by atoms with Gasteiger partial charge in [-0.15, -0.1) is 0 Å². The number of nitrogens with one attached hydrogen (secondary N) is 1. The molecule has 1 rings (SSSR count). The predicted molar refractivity (Wildman–Crippen MR) is 69.1 cm³/mol. The Balaban J connectivity index is 2.60. The van der Waals surface area contributed by atoms with Crippen molar-refractivity contribution in [2.75, 3.05) is 30.5 Å². The van der Waals surface area contributed by atoms with Gasteiger partial charge in [0.25, 0.3) is 0 Å². The van der Waals surface area contributed by atoms with E-state index in [2.05, 4.69) is 9.69 Å². The second kappa shape index (κ2) is 6.18. The number of nitrogen functional groups attached to an aromatic ring is 1. The summed E-state index contributed by atoms with van der Waals surface area (Å²) in [5.74, 6) is 0.0513. The van der Waals surface area contributed by atoms with Gasteiger partial charge in [0.1, 0.15) is 9.90 Å². The Hall–Kier alpha value is -0.860. The molecule has 0 aliphatic heterocycles. The quantitative estimate of drug-likeness (QED) is 0.635. The fourth-order valence-electron chi connectivity index (χ4n) is 1.38. The summed E-state index contributed by atoms with van der Waals surface area (Å²) >= 11 is 1.05. The molecule has 0 radical (unpaired) electrons. The Kier molecular flexibility index (Phi) is 5.16. The van der Waals surface area contributed by atoms with Crippen LogP contribution >= 0.6 is 11.5 Å². The molecule has 98 valence electrons. The molecule has 4 N–H and O–H groups in total. The summed E-state index contributed by atoms with van der Waals surface area (Å²) in [7, 11) is -3.35. The van der Waals surface area contributed by atoms with Gasteiger partial charge in [-0.3, -0.25) is 0 Å². The van der Waals surface area contributed by atoms with Gasteiger partial charge in [0.2, 0.25) is 0 Å². The number of hydrogen-bond acceptors (Lipinski definition) is 7. The maximum absolute atomic E-state index is 11.5. The second-order valence-corrected chi connectivity index (χ2v) is 6.44. The molecule has 8 heteroatoms. The van der Waals surface area contributed by atoms with Crippen LogP contribution in [-0.4, -0.2) is 37.3 Å². The van der Waals surface area contributed by atoms with Gasteiger partial charge in [-0.2, -0.15) is 4.37 Å². The first-order valence-electron chi connectivity index (χ1n) is 5.26. The zero-order valence-electron chi connectivity index (χ0n) is 9.64. The second-order valence-electron chi connectivity index (χ2n) is 3.71. The van der Waals surface area contributed by atoms with Crippen molar-refractivity contribution in [2.24, 2.45) is 0 Å². The number of nitrogens with two attached hydrogens (primary N) is 1. The lowest BCUT2D eigenvalue weighted by Crippen LogP contribution is -2.07. The maximum Gasteiger partial charge on any atom is 0.182 e. The van der Waals surface area contributed by atoms with Crippen molar-refractivity contribution in [1.29, 1.82) is 0 Å². The Labute approximate surface area is 105 Å². The molecule has 0 unspecified atom stereocenters. The highest BCUT2D eigenvalue weighted by Gasteiger charge is 2.20. The normalized spacial score (nSPS) is 11.6. The van der Waals surface area contributed by atoms with Crippen LogP contribution in [0.5, 0.6) is 0 Å². The minimum atomic E-state index is -3.35. The van der Waals surface area contributed by atoms with E-state index in [0.29, 0.717) is 11.5 Å². The van der Waals surface area contributed by atoms with Gasteiger partial charge in [-0.25, -0.2) is 8.42 Å². The van der Waals surface area contributed by atoms with Gasteiger partial charge < -0.3 is 16.2 Å². The Bertz CT molecular complexity index is 456. The lowest BCUT2D eigenvalue weighted by molar-refractivity contribution is 0.283. The molecular weight excluding hydrogens is 262 g/mol. The van der Waals surface area contributed by atoms with Gasteiger partial charge >= 0.3 is 0 Å². The monoisotopic (exact) mass is 279 g/mol. The van der Waals surface area contributed by atoms with Crippen LogP contribution in [0, 0.1) is 0 Å².